The van der Waals surface area contributed by atoms with E-state index in [-0.39, 0.29) is 0 Å². The SMILES string of the molecule is FC(F)(F)c1nc(-c2ccc3c(c2)CCNC3)cs1. The van der Waals surface area contributed by atoms with Gasteiger partial charge in [-0.2, -0.15) is 13.2 Å². The van der Waals surface area contributed by atoms with Gasteiger partial charge in [0.25, 0.3) is 0 Å². The van der Waals surface area contributed by atoms with Crippen LogP contribution in [-0.4, -0.2) is 11.5 Å². The average molecular weight is 284 g/mol. The normalized spacial score (nSPS) is 15.3. The lowest BCUT2D eigenvalue weighted by atomic mass is 9.98. The molecule has 1 aliphatic rings. The molecule has 0 spiro atoms. The predicted molar refractivity (Wildman–Crippen MR) is 68.0 cm³/mol. The van der Waals surface area contributed by atoms with Crippen LogP contribution in [0.1, 0.15) is 16.1 Å². The van der Waals surface area contributed by atoms with Crippen molar-refractivity contribution in [1.82, 2.24) is 10.3 Å². The number of fused-ring (bicyclic) bond motifs is 1. The summed E-state index contributed by atoms with van der Waals surface area (Å²) in [5, 5.41) is 3.94. The van der Waals surface area contributed by atoms with Crippen molar-refractivity contribution in [2.75, 3.05) is 6.54 Å². The lowest BCUT2D eigenvalue weighted by Gasteiger charge is -2.17. The molecule has 0 fully saturated rings. The Balaban J connectivity index is 1.96. The van der Waals surface area contributed by atoms with Gasteiger partial charge in [0.2, 0.25) is 0 Å². The van der Waals surface area contributed by atoms with Gasteiger partial charge in [0.05, 0.1) is 5.69 Å². The van der Waals surface area contributed by atoms with E-state index in [0.29, 0.717) is 17.0 Å². The fourth-order valence-electron chi connectivity index (χ4n) is 2.17. The molecular formula is C13H11F3N2S. The molecule has 100 valence electrons. The second kappa shape index (κ2) is 4.61. The number of benzene rings is 1. The maximum absolute atomic E-state index is 12.5. The fourth-order valence-corrected chi connectivity index (χ4v) is 2.87. The van der Waals surface area contributed by atoms with Crippen LogP contribution in [0.3, 0.4) is 0 Å². The Morgan fingerprint density at radius 3 is 2.79 bits per heavy atom. The first-order valence-corrected chi connectivity index (χ1v) is 6.77. The highest BCUT2D eigenvalue weighted by atomic mass is 32.1. The van der Waals surface area contributed by atoms with Crippen LogP contribution in [0.25, 0.3) is 11.3 Å². The molecule has 1 aromatic carbocycles. The molecule has 2 aromatic rings. The molecule has 0 saturated carbocycles. The number of rotatable bonds is 1. The van der Waals surface area contributed by atoms with Gasteiger partial charge in [0, 0.05) is 17.5 Å². The molecule has 0 unspecified atom stereocenters. The largest absolute Gasteiger partial charge is 0.443 e. The van der Waals surface area contributed by atoms with Crippen LogP contribution in [0.2, 0.25) is 0 Å². The molecule has 0 saturated heterocycles. The van der Waals surface area contributed by atoms with E-state index in [9.17, 15) is 13.2 Å². The number of aromatic nitrogens is 1. The van der Waals surface area contributed by atoms with Crippen LogP contribution in [0.15, 0.2) is 23.6 Å². The van der Waals surface area contributed by atoms with E-state index in [1.165, 1.54) is 16.5 Å². The van der Waals surface area contributed by atoms with Crippen molar-refractivity contribution in [2.45, 2.75) is 19.1 Å². The predicted octanol–water partition coefficient (Wildman–Crippen LogP) is 3.47. The van der Waals surface area contributed by atoms with E-state index in [4.69, 9.17) is 0 Å². The summed E-state index contributed by atoms with van der Waals surface area (Å²) in [6.07, 6.45) is -3.46. The summed E-state index contributed by atoms with van der Waals surface area (Å²) < 4.78 is 37.6. The molecule has 6 heteroatoms. The first-order chi connectivity index (χ1) is 9.04. The monoisotopic (exact) mass is 284 g/mol. The molecule has 0 aliphatic carbocycles. The highest BCUT2D eigenvalue weighted by Crippen LogP contribution is 2.34. The highest BCUT2D eigenvalue weighted by molar-refractivity contribution is 7.10. The molecule has 1 aromatic heterocycles. The summed E-state index contributed by atoms with van der Waals surface area (Å²) in [5.41, 5.74) is 3.56. The first kappa shape index (κ1) is 12.6. The van der Waals surface area contributed by atoms with Crippen LogP contribution in [0.4, 0.5) is 13.2 Å². The average Bonchev–Trinajstić information content (AvgIpc) is 2.87. The van der Waals surface area contributed by atoms with Gasteiger partial charge in [-0.3, -0.25) is 0 Å². The fraction of sp³-hybridized carbons (Fsp3) is 0.308. The molecule has 0 radical (unpaired) electrons. The summed E-state index contributed by atoms with van der Waals surface area (Å²) in [7, 11) is 0. The van der Waals surface area contributed by atoms with Crippen molar-refractivity contribution in [3.63, 3.8) is 0 Å². The minimum atomic E-state index is -4.36. The Bertz CT molecular complexity index is 604. The van der Waals surface area contributed by atoms with Gasteiger partial charge in [0.1, 0.15) is 0 Å². The van der Waals surface area contributed by atoms with Gasteiger partial charge in [-0.05, 0) is 30.2 Å². The number of thiazole rings is 1. The number of halogens is 3. The molecular weight excluding hydrogens is 273 g/mol. The smallest absolute Gasteiger partial charge is 0.312 e. The summed E-state index contributed by atoms with van der Waals surface area (Å²) in [6.45, 7) is 1.72. The Hall–Kier alpha value is -1.40. The third-order valence-electron chi connectivity index (χ3n) is 3.14. The molecule has 19 heavy (non-hydrogen) atoms. The Morgan fingerprint density at radius 2 is 2.05 bits per heavy atom. The van der Waals surface area contributed by atoms with Gasteiger partial charge >= 0.3 is 6.18 Å². The van der Waals surface area contributed by atoms with Crippen molar-refractivity contribution < 1.29 is 13.2 Å². The Morgan fingerprint density at radius 1 is 1.21 bits per heavy atom. The molecule has 3 rings (SSSR count). The number of hydrogen-bond acceptors (Lipinski definition) is 3. The van der Waals surface area contributed by atoms with Crippen LogP contribution < -0.4 is 5.32 Å². The van der Waals surface area contributed by atoms with Gasteiger partial charge in [-0.25, -0.2) is 4.98 Å². The van der Waals surface area contributed by atoms with Gasteiger partial charge < -0.3 is 5.32 Å². The summed E-state index contributed by atoms with van der Waals surface area (Å²) in [4.78, 5) is 3.68. The molecule has 0 bridgehead atoms. The van der Waals surface area contributed by atoms with E-state index >= 15 is 0 Å². The third kappa shape index (κ3) is 2.50. The number of nitrogens with zero attached hydrogens (tertiary/aromatic N) is 1. The maximum Gasteiger partial charge on any atom is 0.443 e. The van der Waals surface area contributed by atoms with Crippen molar-refractivity contribution in [2.24, 2.45) is 0 Å². The maximum atomic E-state index is 12.5. The van der Waals surface area contributed by atoms with Crippen molar-refractivity contribution in [1.29, 1.82) is 0 Å². The summed E-state index contributed by atoms with van der Waals surface area (Å²) in [5.74, 6) is 0. The van der Waals surface area contributed by atoms with Crippen molar-refractivity contribution in [3.8, 4) is 11.3 Å². The van der Waals surface area contributed by atoms with Crippen LogP contribution in [0.5, 0.6) is 0 Å². The minimum Gasteiger partial charge on any atom is -0.312 e. The number of nitrogens with one attached hydrogen (secondary N) is 1. The quantitative estimate of drug-likeness (QED) is 0.867. The number of hydrogen-bond donors (Lipinski definition) is 1. The molecule has 1 aliphatic heterocycles. The lowest BCUT2D eigenvalue weighted by Crippen LogP contribution is -2.23. The van der Waals surface area contributed by atoms with Gasteiger partial charge in [0.15, 0.2) is 5.01 Å². The molecule has 0 atom stereocenters. The van der Waals surface area contributed by atoms with E-state index in [0.717, 1.165) is 25.1 Å². The topological polar surface area (TPSA) is 24.9 Å². The zero-order chi connectivity index (χ0) is 13.5. The molecule has 0 amide bonds. The molecule has 2 heterocycles. The van der Waals surface area contributed by atoms with Crippen LogP contribution in [0, 0.1) is 0 Å². The van der Waals surface area contributed by atoms with Crippen LogP contribution >= 0.6 is 11.3 Å². The Kier molecular flexibility index (Phi) is 3.06. The van der Waals surface area contributed by atoms with Crippen molar-refractivity contribution in [3.05, 3.63) is 39.7 Å². The Labute approximate surface area is 112 Å². The first-order valence-electron chi connectivity index (χ1n) is 5.89. The zero-order valence-corrected chi connectivity index (χ0v) is 10.7. The van der Waals surface area contributed by atoms with Crippen molar-refractivity contribution >= 4 is 11.3 Å². The van der Waals surface area contributed by atoms with E-state index < -0.39 is 11.2 Å². The third-order valence-corrected chi connectivity index (χ3v) is 4.02. The second-order valence-corrected chi connectivity index (χ2v) is 5.30. The minimum absolute atomic E-state index is 0.402. The molecule has 2 nitrogen and oxygen atoms in total. The zero-order valence-electron chi connectivity index (χ0n) is 9.92. The molecule has 1 N–H and O–H groups in total. The van der Waals surface area contributed by atoms with E-state index in [1.807, 2.05) is 18.2 Å². The van der Waals surface area contributed by atoms with Gasteiger partial charge in [-0.15, -0.1) is 11.3 Å². The highest BCUT2D eigenvalue weighted by Gasteiger charge is 2.34. The van der Waals surface area contributed by atoms with E-state index in [2.05, 4.69) is 10.3 Å². The van der Waals surface area contributed by atoms with Crippen LogP contribution in [-0.2, 0) is 19.1 Å². The second-order valence-electron chi connectivity index (χ2n) is 4.45. The van der Waals surface area contributed by atoms with E-state index in [1.54, 1.807) is 0 Å². The van der Waals surface area contributed by atoms with Gasteiger partial charge in [-0.1, -0.05) is 12.1 Å². The number of alkyl halides is 3. The summed E-state index contributed by atoms with van der Waals surface area (Å²) in [6, 6.07) is 5.75. The summed E-state index contributed by atoms with van der Waals surface area (Å²) >= 11 is 0.640. The lowest BCUT2D eigenvalue weighted by molar-refractivity contribution is -0.137. The standard InChI is InChI=1S/C13H11F3N2S/c14-13(15,16)12-18-11(7-19-12)9-1-2-10-6-17-4-3-8(10)5-9/h1-2,5,7,17H,3-4,6H2.